The lowest BCUT2D eigenvalue weighted by atomic mass is 9.95. The van der Waals surface area contributed by atoms with E-state index in [1.165, 1.54) is 32.0 Å². The van der Waals surface area contributed by atoms with Gasteiger partial charge in [-0.25, -0.2) is 0 Å². The number of methoxy groups -OCH3 is 2. The van der Waals surface area contributed by atoms with Crippen LogP contribution >= 0.6 is 23.6 Å². The van der Waals surface area contributed by atoms with E-state index in [0.29, 0.717) is 36.9 Å². The molecule has 1 aliphatic carbocycles. The Morgan fingerprint density at radius 2 is 1.89 bits per heavy atom. The number of aromatic amines is 1. The van der Waals surface area contributed by atoms with Gasteiger partial charge in [-0.2, -0.15) is 0 Å². The summed E-state index contributed by atoms with van der Waals surface area (Å²) in [5.41, 5.74) is 0.679. The van der Waals surface area contributed by atoms with Crippen molar-refractivity contribution in [1.29, 1.82) is 0 Å². The summed E-state index contributed by atoms with van der Waals surface area (Å²) in [6.07, 6.45) is 5.43. The molecule has 0 bridgehead atoms. The molecule has 0 radical (unpaired) electrons. The number of nitrogens with one attached hydrogen (secondary N) is 2. The van der Waals surface area contributed by atoms with Gasteiger partial charge in [0.25, 0.3) is 11.5 Å². The number of carbonyl (C=O) groups excluding carboxylic acids is 1. The monoisotopic (exact) mass is 419 g/mol. The average Bonchev–Trinajstić information content (AvgIpc) is 3.04. The highest BCUT2D eigenvalue weighted by atomic mass is 32.1. The van der Waals surface area contributed by atoms with Crippen LogP contribution in [0.2, 0.25) is 0 Å². The van der Waals surface area contributed by atoms with E-state index in [1.807, 2.05) is 0 Å². The largest absolute Gasteiger partial charge is 0.493 e. The van der Waals surface area contributed by atoms with Crippen molar-refractivity contribution in [2.45, 2.75) is 38.1 Å². The first-order valence-corrected chi connectivity index (χ1v) is 10.4. The predicted molar refractivity (Wildman–Crippen MR) is 112 cm³/mol. The van der Waals surface area contributed by atoms with Gasteiger partial charge in [-0.15, -0.1) is 0 Å². The maximum atomic E-state index is 12.9. The van der Waals surface area contributed by atoms with Crippen LogP contribution in [0.1, 0.15) is 41.8 Å². The minimum absolute atomic E-state index is 0.175. The Labute approximate surface area is 170 Å². The number of rotatable bonds is 4. The van der Waals surface area contributed by atoms with E-state index in [0.717, 1.165) is 25.7 Å². The minimum atomic E-state index is -0.310. The van der Waals surface area contributed by atoms with Crippen molar-refractivity contribution >= 4 is 46.0 Å². The van der Waals surface area contributed by atoms with Gasteiger partial charge in [0.1, 0.15) is 10.5 Å². The standard InChI is InChI=1S/C19H21N3O4S2/c1-25-13-8-11-12(9-14(13)26-2)22-16(21-17(11)23)15(28-19(22)27)18(24)20-10-6-4-3-5-7-10/h8-10H,3-7H2,1-2H3,(H,20,24)(H,21,23). The van der Waals surface area contributed by atoms with Gasteiger partial charge < -0.3 is 19.8 Å². The van der Waals surface area contributed by atoms with Gasteiger partial charge in [0.05, 0.1) is 25.1 Å². The minimum Gasteiger partial charge on any atom is -0.493 e. The Kier molecular flexibility index (Phi) is 5.11. The molecular formula is C19H21N3O4S2. The summed E-state index contributed by atoms with van der Waals surface area (Å²) in [6.45, 7) is 0. The maximum Gasteiger partial charge on any atom is 0.265 e. The fourth-order valence-corrected chi connectivity index (χ4v) is 5.05. The first kappa shape index (κ1) is 18.9. The number of carbonyl (C=O) groups is 1. The van der Waals surface area contributed by atoms with Gasteiger partial charge in [-0.1, -0.05) is 30.6 Å². The molecule has 1 aromatic carbocycles. The van der Waals surface area contributed by atoms with E-state index in [4.69, 9.17) is 21.7 Å². The van der Waals surface area contributed by atoms with Crippen LogP contribution in [-0.2, 0) is 0 Å². The highest BCUT2D eigenvalue weighted by Gasteiger charge is 2.22. The molecule has 1 aliphatic rings. The Balaban J connectivity index is 1.87. The molecule has 0 unspecified atom stereocenters. The zero-order valence-corrected chi connectivity index (χ0v) is 17.3. The summed E-state index contributed by atoms with van der Waals surface area (Å²) in [7, 11) is 3.05. The molecule has 0 atom stereocenters. The molecular weight excluding hydrogens is 398 g/mol. The summed E-state index contributed by atoms with van der Waals surface area (Å²) in [6, 6.07) is 3.50. The molecule has 2 N–H and O–H groups in total. The number of ether oxygens (including phenoxy) is 2. The molecule has 1 saturated carbocycles. The molecule has 1 fully saturated rings. The second kappa shape index (κ2) is 7.56. The lowest BCUT2D eigenvalue weighted by Crippen LogP contribution is -2.36. The van der Waals surface area contributed by atoms with Crippen LogP contribution in [0.15, 0.2) is 16.9 Å². The molecule has 4 rings (SSSR count). The molecule has 9 heteroatoms. The van der Waals surface area contributed by atoms with Gasteiger partial charge in [0.2, 0.25) is 0 Å². The van der Waals surface area contributed by atoms with Crippen molar-refractivity contribution in [3.05, 3.63) is 31.3 Å². The van der Waals surface area contributed by atoms with Crippen LogP contribution in [0.5, 0.6) is 11.5 Å². The number of hydrogen-bond donors (Lipinski definition) is 2. The third kappa shape index (κ3) is 3.18. The molecule has 2 heterocycles. The third-order valence-electron chi connectivity index (χ3n) is 5.18. The second-order valence-electron chi connectivity index (χ2n) is 6.87. The summed E-state index contributed by atoms with van der Waals surface area (Å²) in [5, 5.41) is 3.51. The van der Waals surface area contributed by atoms with Crippen LogP contribution in [0.4, 0.5) is 0 Å². The van der Waals surface area contributed by atoms with Gasteiger partial charge >= 0.3 is 0 Å². The predicted octanol–water partition coefficient (Wildman–Crippen LogP) is 3.65. The Morgan fingerprint density at radius 1 is 1.21 bits per heavy atom. The Bertz CT molecular complexity index is 1170. The van der Waals surface area contributed by atoms with Crippen LogP contribution in [0, 0.1) is 3.95 Å². The highest BCUT2D eigenvalue weighted by molar-refractivity contribution is 7.73. The number of benzene rings is 1. The number of aromatic nitrogens is 2. The third-order valence-corrected chi connectivity index (χ3v) is 6.55. The second-order valence-corrected chi connectivity index (χ2v) is 8.51. The molecule has 0 spiro atoms. The lowest BCUT2D eigenvalue weighted by molar-refractivity contribution is 0.0933. The molecule has 148 valence electrons. The molecule has 3 aromatic rings. The normalized spacial score (nSPS) is 15.1. The molecule has 0 aliphatic heterocycles. The van der Waals surface area contributed by atoms with Gasteiger partial charge in [0.15, 0.2) is 15.5 Å². The first-order chi connectivity index (χ1) is 13.5. The molecule has 2 aromatic heterocycles. The fourth-order valence-electron chi connectivity index (χ4n) is 3.77. The zero-order valence-electron chi connectivity index (χ0n) is 15.7. The van der Waals surface area contributed by atoms with Crippen molar-refractivity contribution in [1.82, 2.24) is 14.7 Å². The number of hydrogen-bond acceptors (Lipinski definition) is 6. The Hall–Kier alpha value is -2.39. The fraction of sp³-hybridized carbons (Fsp3) is 0.421. The summed E-state index contributed by atoms with van der Waals surface area (Å²) in [4.78, 5) is 28.8. The van der Waals surface area contributed by atoms with E-state index < -0.39 is 0 Å². The van der Waals surface area contributed by atoms with Crippen molar-refractivity contribution in [3.63, 3.8) is 0 Å². The topological polar surface area (TPSA) is 84.8 Å². The van der Waals surface area contributed by atoms with E-state index in [-0.39, 0.29) is 17.5 Å². The number of nitrogens with zero attached hydrogens (tertiary/aromatic N) is 1. The highest BCUT2D eigenvalue weighted by Crippen LogP contribution is 2.32. The summed E-state index contributed by atoms with van der Waals surface area (Å²) >= 11 is 6.71. The van der Waals surface area contributed by atoms with Crippen LogP contribution < -0.4 is 20.3 Å². The zero-order chi connectivity index (χ0) is 19.8. The smallest absolute Gasteiger partial charge is 0.265 e. The van der Waals surface area contributed by atoms with Crippen molar-refractivity contribution in [2.24, 2.45) is 0 Å². The quantitative estimate of drug-likeness (QED) is 0.631. The molecule has 0 saturated heterocycles. The van der Waals surface area contributed by atoms with Gasteiger partial charge in [-0.3, -0.25) is 14.0 Å². The number of thiazole rings is 1. The summed E-state index contributed by atoms with van der Waals surface area (Å²) in [5.74, 6) is 0.751. The molecule has 7 nitrogen and oxygen atoms in total. The first-order valence-electron chi connectivity index (χ1n) is 9.18. The van der Waals surface area contributed by atoms with Crippen LogP contribution in [0.3, 0.4) is 0 Å². The van der Waals surface area contributed by atoms with Gasteiger partial charge in [0, 0.05) is 12.1 Å². The van der Waals surface area contributed by atoms with Gasteiger partial charge in [-0.05, 0) is 31.1 Å². The van der Waals surface area contributed by atoms with E-state index in [2.05, 4.69) is 10.3 Å². The van der Waals surface area contributed by atoms with E-state index in [1.54, 1.807) is 16.5 Å². The maximum absolute atomic E-state index is 12.9. The number of amides is 1. The van der Waals surface area contributed by atoms with E-state index in [9.17, 15) is 9.59 Å². The van der Waals surface area contributed by atoms with Crippen molar-refractivity contribution < 1.29 is 14.3 Å². The van der Waals surface area contributed by atoms with Crippen molar-refractivity contribution in [2.75, 3.05) is 14.2 Å². The molecule has 1 amide bonds. The van der Waals surface area contributed by atoms with Crippen LogP contribution in [-0.4, -0.2) is 35.6 Å². The number of fused-ring (bicyclic) bond motifs is 3. The number of H-pyrrole nitrogens is 1. The van der Waals surface area contributed by atoms with Crippen molar-refractivity contribution in [3.8, 4) is 11.5 Å². The SMILES string of the molecule is COc1cc2c(=O)[nH]c3c(C(=O)NC4CCCCC4)sc(=S)n3c2cc1OC. The Morgan fingerprint density at radius 3 is 2.57 bits per heavy atom. The average molecular weight is 420 g/mol. The molecule has 28 heavy (non-hydrogen) atoms. The van der Waals surface area contributed by atoms with Crippen LogP contribution in [0.25, 0.3) is 16.6 Å². The lowest BCUT2D eigenvalue weighted by Gasteiger charge is -2.22. The summed E-state index contributed by atoms with van der Waals surface area (Å²) < 4.78 is 12.9. The van der Waals surface area contributed by atoms with E-state index >= 15 is 0 Å².